The topological polar surface area (TPSA) is 63.6 Å². The van der Waals surface area contributed by atoms with Gasteiger partial charge in [0.2, 0.25) is 0 Å². The van der Waals surface area contributed by atoms with Gasteiger partial charge in [-0.1, -0.05) is 42.5 Å². The molecule has 2 unspecified atom stereocenters. The molecule has 6 nitrogen and oxygen atoms in total. The lowest BCUT2D eigenvalue weighted by Gasteiger charge is -2.35. The fourth-order valence-corrected chi connectivity index (χ4v) is 4.41. The molecule has 0 aliphatic carbocycles. The van der Waals surface area contributed by atoms with Gasteiger partial charge in [0.15, 0.2) is 0 Å². The van der Waals surface area contributed by atoms with Crippen molar-refractivity contribution in [2.45, 2.75) is 39.1 Å². The number of aromatic nitrogens is 1. The van der Waals surface area contributed by atoms with E-state index >= 15 is 0 Å². The predicted octanol–water partition coefficient (Wildman–Crippen LogP) is 3.08. The van der Waals surface area contributed by atoms with Crippen molar-refractivity contribution in [1.29, 1.82) is 0 Å². The molecule has 2 aromatic carbocycles. The first-order chi connectivity index (χ1) is 14.9. The average Bonchev–Trinajstić information content (AvgIpc) is 2.75. The molecule has 0 radical (unpaired) electrons. The first kappa shape index (κ1) is 21.3. The SMILES string of the molecule is CC1CN(Cc2ccccc2CNC(=O)c2cc(=O)n(C)c3ccccc23)CC(C)O1. The van der Waals surface area contributed by atoms with Crippen LogP contribution in [-0.2, 0) is 24.9 Å². The van der Waals surface area contributed by atoms with Gasteiger partial charge in [-0.2, -0.15) is 0 Å². The molecule has 1 aromatic heterocycles. The second kappa shape index (κ2) is 9.04. The zero-order valence-electron chi connectivity index (χ0n) is 18.3. The quantitative estimate of drug-likeness (QED) is 0.690. The third kappa shape index (κ3) is 4.70. The number of pyridine rings is 1. The fraction of sp³-hybridized carbons (Fsp3) is 0.360. The summed E-state index contributed by atoms with van der Waals surface area (Å²) in [4.78, 5) is 27.7. The van der Waals surface area contributed by atoms with Gasteiger partial charge in [-0.3, -0.25) is 14.5 Å². The average molecular weight is 420 g/mol. The van der Waals surface area contributed by atoms with E-state index < -0.39 is 0 Å². The van der Waals surface area contributed by atoms with Crippen LogP contribution in [0.3, 0.4) is 0 Å². The lowest BCUT2D eigenvalue weighted by molar-refractivity contribution is -0.0705. The Balaban J connectivity index is 1.52. The number of amides is 1. The molecular weight excluding hydrogens is 390 g/mol. The number of morpholine rings is 1. The van der Waals surface area contributed by atoms with Crippen LogP contribution >= 0.6 is 0 Å². The largest absolute Gasteiger partial charge is 0.373 e. The molecule has 31 heavy (non-hydrogen) atoms. The summed E-state index contributed by atoms with van der Waals surface area (Å²) in [6, 6.07) is 17.1. The number of carbonyl (C=O) groups excluding carboxylic acids is 1. The Morgan fingerprint density at radius 2 is 1.68 bits per heavy atom. The molecule has 162 valence electrons. The van der Waals surface area contributed by atoms with Crippen molar-refractivity contribution in [2.24, 2.45) is 7.05 Å². The van der Waals surface area contributed by atoms with Gasteiger partial charge in [-0.05, 0) is 31.0 Å². The summed E-state index contributed by atoms with van der Waals surface area (Å²) in [5, 5.41) is 3.79. The Morgan fingerprint density at radius 3 is 2.42 bits per heavy atom. The molecule has 1 amide bonds. The van der Waals surface area contributed by atoms with E-state index in [9.17, 15) is 9.59 Å². The van der Waals surface area contributed by atoms with E-state index in [1.807, 2.05) is 42.5 Å². The normalized spacial score (nSPS) is 19.5. The number of fused-ring (bicyclic) bond motifs is 1. The van der Waals surface area contributed by atoms with Crippen LogP contribution in [-0.4, -0.2) is 40.7 Å². The molecule has 3 aromatic rings. The third-order valence-electron chi connectivity index (χ3n) is 5.85. The standard InChI is InChI=1S/C25H29N3O3/c1-17-14-28(15-18(2)31-17)16-20-9-5-4-8-19(20)13-26-25(30)22-12-24(29)27(3)23-11-7-6-10-21(22)23/h4-12,17-18H,13-16H2,1-3H3,(H,26,30). The number of carbonyl (C=O) groups is 1. The van der Waals surface area contributed by atoms with Crippen molar-refractivity contribution in [1.82, 2.24) is 14.8 Å². The maximum Gasteiger partial charge on any atom is 0.252 e. The number of rotatable bonds is 5. The van der Waals surface area contributed by atoms with Crippen molar-refractivity contribution in [2.75, 3.05) is 13.1 Å². The van der Waals surface area contributed by atoms with Gasteiger partial charge >= 0.3 is 0 Å². The van der Waals surface area contributed by atoms with Crippen molar-refractivity contribution < 1.29 is 9.53 Å². The summed E-state index contributed by atoms with van der Waals surface area (Å²) in [5.74, 6) is -0.239. The number of benzene rings is 2. The highest BCUT2D eigenvalue weighted by atomic mass is 16.5. The Hall–Kier alpha value is -2.96. The van der Waals surface area contributed by atoms with E-state index in [0.717, 1.165) is 36.1 Å². The van der Waals surface area contributed by atoms with Gasteiger partial charge < -0.3 is 14.6 Å². The predicted molar refractivity (Wildman–Crippen MR) is 122 cm³/mol. The molecule has 0 spiro atoms. The van der Waals surface area contributed by atoms with Crippen LogP contribution < -0.4 is 10.9 Å². The van der Waals surface area contributed by atoms with E-state index in [-0.39, 0.29) is 23.7 Å². The van der Waals surface area contributed by atoms with Gasteiger partial charge in [0.05, 0.1) is 23.3 Å². The molecule has 1 fully saturated rings. The van der Waals surface area contributed by atoms with Crippen molar-refractivity contribution >= 4 is 16.8 Å². The summed E-state index contributed by atoms with van der Waals surface area (Å²) < 4.78 is 7.40. The van der Waals surface area contributed by atoms with E-state index in [2.05, 4.69) is 30.1 Å². The van der Waals surface area contributed by atoms with E-state index in [0.29, 0.717) is 12.1 Å². The van der Waals surface area contributed by atoms with Crippen LogP contribution in [0.1, 0.15) is 35.3 Å². The summed E-state index contributed by atoms with van der Waals surface area (Å²) in [6.45, 7) is 7.22. The fourth-order valence-electron chi connectivity index (χ4n) is 4.41. The summed E-state index contributed by atoms with van der Waals surface area (Å²) in [5.41, 5.74) is 3.23. The number of para-hydroxylation sites is 1. The monoisotopic (exact) mass is 419 g/mol. The highest BCUT2D eigenvalue weighted by Crippen LogP contribution is 2.19. The zero-order chi connectivity index (χ0) is 22.0. The molecule has 1 aliphatic heterocycles. The minimum atomic E-state index is -0.239. The van der Waals surface area contributed by atoms with Gasteiger partial charge in [0.25, 0.3) is 11.5 Å². The number of hydrogen-bond donors (Lipinski definition) is 1. The molecule has 1 saturated heterocycles. The van der Waals surface area contributed by atoms with Crippen molar-refractivity contribution in [3.05, 3.63) is 81.6 Å². The first-order valence-electron chi connectivity index (χ1n) is 10.7. The maximum atomic E-state index is 13.0. The highest BCUT2D eigenvalue weighted by molar-refractivity contribution is 6.06. The Labute approximate surface area is 182 Å². The molecule has 0 bridgehead atoms. The molecule has 2 heterocycles. The number of nitrogens with one attached hydrogen (secondary N) is 1. The minimum absolute atomic E-state index is 0.195. The van der Waals surface area contributed by atoms with E-state index in [1.165, 1.54) is 11.6 Å². The van der Waals surface area contributed by atoms with E-state index in [1.54, 1.807) is 11.6 Å². The zero-order valence-corrected chi connectivity index (χ0v) is 18.3. The molecule has 6 heteroatoms. The molecule has 1 aliphatic rings. The van der Waals surface area contributed by atoms with E-state index in [4.69, 9.17) is 4.74 Å². The Morgan fingerprint density at radius 1 is 1.03 bits per heavy atom. The highest BCUT2D eigenvalue weighted by Gasteiger charge is 2.22. The molecule has 2 atom stereocenters. The molecule has 4 rings (SSSR count). The number of aryl methyl sites for hydroxylation is 1. The van der Waals surface area contributed by atoms with Crippen LogP contribution in [0.15, 0.2) is 59.4 Å². The van der Waals surface area contributed by atoms with Crippen LogP contribution in [0, 0.1) is 0 Å². The second-order valence-corrected chi connectivity index (χ2v) is 8.38. The Bertz CT molecular complexity index is 1140. The van der Waals surface area contributed by atoms with Gasteiger partial charge in [0, 0.05) is 44.7 Å². The van der Waals surface area contributed by atoms with Gasteiger partial charge in [-0.15, -0.1) is 0 Å². The third-order valence-corrected chi connectivity index (χ3v) is 5.85. The van der Waals surface area contributed by atoms with Crippen LogP contribution in [0.25, 0.3) is 10.9 Å². The van der Waals surface area contributed by atoms with Crippen LogP contribution in [0.5, 0.6) is 0 Å². The van der Waals surface area contributed by atoms with Crippen LogP contribution in [0.2, 0.25) is 0 Å². The Kier molecular flexibility index (Phi) is 6.20. The summed E-state index contributed by atoms with van der Waals surface area (Å²) in [7, 11) is 1.72. The molecular formula is C25H29N3O3. The van der Waals surface area contributed by atoms with Crippen LogP contribution in [0.4, 0.5) is 0 Å². The lowest BCUT2D eigenvalue weighted by Crippen LogP contribution is -2.45. The first-order valence-corrected chi connectivity index (χ1v) is 10.7. The van der Waals surface area contributed by atoms with Crippen molar-refractivity contribution in [3.8, 4) is 0 Å². The molecule has 1 N–H and O–H groups in total. The second-order valence-electron chi connectivity index (χ2n) is 8.38. The molecule has 0 saturated carbocycles. The summed E-state index contributed by atoms with van der Waals surface area (Å²) >= 11 is 0. The number of ether oxygens (including phenoxy) is 1. The summed E-state index contributed by atoms with van der Waals surface area (Å²) in [6.07, 6.45) is 0.425. The number of hydrogen-bond acceptors (Lipinski definition) is 4. The van der Waals surface area contributed by atoms with Gasteiger partial charge in [0.1, 0.15) is 0 Å². The lowest BCUT2D eigenvalue weighted by atomic mass is 10.0. The minimum Gasteiger partial charge on any atom is -0.373 e. The van der Waals surface area contributed by atoms with Gasteiger partial charge in [-0.25, -0.2) is 0 Å². The smallest absolute Gasteiger partial charge is 0.252 e. The number of nitrogens with zero attached hydrogens (tertiary/aromatic N) is 2. The maximum absolute atomic E-state index is 13.0. The van der Waals surface area contributed by atoms with Crippen molar-refractivity contribution in [3.63, 3.8) is 0 Å².